The molecule has 1 aliphatic rings. The van der Waals surface area contributed by atoms with Crippen LogP contribution in [0, 0.1) is 6.92 Å². The zero-order valence-electron chi connectivity index (χ0n) is 12.8. The van der Waals surface area contributed by atoms with Crippen LogP contribution in [0.2, 0.25) is 5.02 Å². The number of amides is 1. The molecular formula is C20H16ClNO. The molecular weight excluding hydrogens is 306 g/mol. The third kappa shape index (κ3) is 2.40. The van der Waals surface area contributed by atoms with Crippen LogP contribution in [0.1, 0.15) is 27.0 Å². The van der Waals surface area contributed by atoms with Gasteiger partial charge in [0.2, 0.25) is 0 Å². The van der Waals surface area contributed by atoms with Crippen LogP contribution < -0.4 is 5.32 Å². The normalized spacial score (nSPS) is 12.6. The number of anilines is 1. The predicted molar refractivity (Wildman–Crippen MR) is 95.5 cm³/mol. The fraction of sp³-hybridized carbons (Fsp3) is 0.150. The molecule has 0 heterocycles. The van der Waals surface area contributed by atoms with Crippen molar-refractivity contribution in [2.24, 2.45) is 0 Å². The quantitative estimate of drug-likeness (QED) is 0.694. The number of halogens is 1. The van der Waals surface area contributed by atoms with E-state index >= 15 is 0 Å². The van der Waals surface area contributed by atoms with E-state index in [9.17, 15) is 4.79 Å². The third-order valence-electron chi connectivity index (χ3n) is 4.56. The summed E-state index contributed by atoms with van der Waals surface area (Å²) in [5.74, 6) is -0.134. The number of hydrogen-bond donors (Lipinski definition) is 1. The number of rotatable bonds is 2. The first-order chi connectivity index (χ1) is 11.1. The Balaban J connectivity index is 1.73. The van der Waals surface area contributed by atoms with Crippen LogP contribution in [0.15, 0.2) is 48.5 Å². The van der Waals surface area contributed by atoms with Gasteiger partial charge in [0, 0.05) is 21.7 Å². The van der Waals surface area contributed by atoms with Crippen molar-refractivity contribution < 1.29 is 4.79 Å². The van der Waals surface area contributed by atoms with Gasteiger partial charge >= 0.3 is 0 Å². The standard InChI is InChI=1S/C20H16ClNO/c1-12-5-6-15(11-17(12)21)20(23)22-18-10-9-14-8-7-13-3-2-4-16(18)19(13)14/h2-6,9-11H,7-8H2,1H3,(H,22,23). The van der Waals surface area contributed by atoms with E-state index in [0.717, 1.165) is 29.5 Å². The van der Waals surface area contributed by atoms with E-state index < -0.39 is 0 Å². The van der Waals surface area contributed by atoms with Crippen LogP contribution >= 0.6 is 11.6 Å². The Morgan fingerprint density at radius 1 is 1.04 bits per heavy atom. The maximum Gasteiger partial charge on any atom is 0.255 e. The van der Waals surface area contributed by atoms with E-state index in [1.807, 2.05) is 19.1 Å². The highest BCUT2D eigenvalue weighted by atomic mass is 35.5. The summed E-state index contributed by atoms with van der Waals surface area (Å²) < 4.78 is 0. The molecule has 0 aromatic heterocycles. The smallest absolute Gasteiger partial charge is 0.255 e. The fourth-order valence-corrected chi connectivity index (χ4v) is 3.46. The highest BCUT2D eigenvalue weighted by Crippen LogP contribution is 2.35. The van der Waals surface area contributed by atoms with Crippen LogP contribution in [-0.2, 0) is 12.8 Å². The summed E-state index contributed by atoms with van der Waals surface area (Å²) in [5.41, 5.74) is 5.13. The van der Waals surface area contributed by atoms with Gasteiger partial charge in [-0.25, -0.2) is 0 Å². The molecule has 3 aromatic rings. The summed E-state index contributed by atoms with van der Waals surface area (Å²) in [6, 6.07) is 15.8. The molecule has 0 saturated heterocycles. The first-order valence-electron chi connectivity index (χ1n) is 7.74. The first-order valence-corrected chi connectivity index (χ1v) is 8.12. The molecule has 0 atom stereocenters. The molecule has 23 heavy (non-hydrogen) atoms. The minimum absolute atomic E-state index is 0.134. The Kier molecular flexibility index (Phi) is 3.35. The van der Waals surface area contributed by atoms with E-state index in [1.54, 1.807) is 12.1 Å². The molecule has 114 valence electrons. The molecule has 1 N–H and O–H groups in total. The molecule has 1 amide bonds. The molecule has 0 saturated carbocycles. The van der Waals surface area contributed by atoms with Gasteiger partial charge in [0.25, 0.3) is 5.91 Å². The Hall–Kier alpha value is -2.32. The number of carbonyl (C=O) groups excluding carboxylic acids is 1. The lowest BCUT2D eigenvalue weighted by atomic mass is 10.0. The van der Waals surface area contributed by atoms with Gasteiger partial charge in [-0.05, 0) is 60.0 Å². The van der Waals surface area contributed by atoms with Crippen molar-refractivity contribution in [3.05, 3.63) is 75.8 Å². The van der Waals surface area contributed by atoms with Crippen LogP contribution in [0.3, 0.4) is 0 Å². The Morgan fingerprint density at radius 3 is 2.61 bits per heavy atom. The minimum Gasteiger partial charge on any atom is -0.321 e. The predicted octanol–water partition coefficient (Wildman–Crippen LogP) is 5.15. The van der Waals surface area contributed by atoms with Gasteiger partial charge in [0.1, 0.15) is 0 Å². The van der Waals surface area contributed by atoms with E-state index in [-0.39, 0.29) is 5.91 Å². The summed E-state index contributed by atoms with van der Waals surface area (Å²) in [6.45, 7) is 1.92. The van der Waals surface area contributed by atoms with E-state index in [0.29, 0.717) is 10.6 Å². The number of benzene rings is 3. The SMILES string of the molecule is Cc1ccc(C(=O)Nc2ccc3c4c(cccc24)CC3)cc1Cl. The Bertz CT molecular complexity index is 936. The zero-order chi connectivity index (χ0) is 16.0. The van der Waals surface area contributed by atoms with Crippen molar-refractivity contribution in [2.45, 2.75) is 19.8 Å². The van der Waals surface area contributed by atoms with Crippen molar-refractivity contribution in [1.29, 1.82) is 0 Å². The first kappa shape index (κ1) is 14.3. The largest absolute Gasteiger partial charge is 0.321 e. The van der Waals surface area contributed by atoms with Gasteiger partial charge in [-0.15, -0.1) is 0 Å². The average molecular weight is 322 g/mol. The molecule has 0 fully saturated rings. The summed E-state index contributed by atoms with van der Waals surface area (Å²) >= 11 is 6.13. The number of aryl methyl sites for hydroxylation is 3. The zero-order valence-corrected chi connectivity index (χ0v) is 13.6. The minimum atomic E-state index is -0.134. The van der Waals surface area contributed by atoms with Crippen LogP contribution in [-0.4, -0.2) is 5.91 Å². The topological polar surface area (TPSA) is 29.1 Å². The van der Waals surface area contributed by atoms with Crippen molar-refractivity contribution in [1.82, 2.24) is 0 Å². The summed E-state index contributed by atoms with van der Waals surface area (Å²) in [4.78, 5) is 12.5. The molecule has 4 rings (SSSR count). The Morgan fingerprint density at radius 2 is 1.83 bits per heavy atom. The molecule has 0 unspecified atom stereocenters. The van der Waals surface area contributed by atoms with Gasteiger partial charge in [-0.2, -0.15) is 0 Å². The molecule has 0 bridgehead atoms. The van der Waals surface area contributed by atoms with Crippen molar-refractivity contribution in [2.75, 3.05) is 5.32 Å². The van der Waals surface area contributed by atoms with Crippen molar-refractivity contribution in [3.63, 3.8) is 0 Å². The van der Waals surface area contributed by atoms with Gasteiger partial charge in [-0.3, -0.25) is 4.79 Å². The van der Waals surface area contributed by atoms with Gasteiger partial charge in [0.05, 0.1) is 0 Å². The highest BCUT2D eigenvalue weighted by Gasteiger charge is 2.17. The molecule has 3 aromatic carbocycles. The summed E-state index contributed by atoms with van der Waals surface area (Å²) in [6.07, 6.45) is 2.16. The van der Waals surface area contributed by atoms with E-state index in [4.69, 9.17) is 11.6 Å². The fourth-order valence-electron chi connectivity index (χ4n) is 3.28. The molecule has 0 aliphatic heterocycles. The molecule has 0 radical (unpaired) electrons. The Labute approximate surface area is 140 Å². The second-order valence-electron chi connectivity index (χ2n) is 6.03. The van der Waals surface area contributed by atoms with Crippen molar-refractivity contribution >= 4 is 34.0 Å². The second-order valence-corrected chi connectivity index (χ2v) is 6.44. The van der Waals surface area contributed by atoms with Gasteiger partial charge < -0.3 is 5.32 Å². The monoisotopic (exact) mass is 321 g/mol. The van der Waals surface area contributed by atoms with Crippen LogP contribution in [0.5, 0.6) is 0 Å². The molecule has 1 aliphatic carbocycles. The maximum absolute atomic E-state index is 12.5. The molecule has 0 spiro atoms. The molecule has 3 heteroatoms. The summed E-state index contributed by atoms with van der Waals surface area (Å²) in [5, 5.41) is 6.06. The second kappa shape index (κ2) is 5.39. The van der Waals surface area contributed by atoms with E-state index in [2.05, 4.69) is 29.6 Å². The van der Waals surface area contributed by atoms with Crippen LogP contribution in [0.4, 0.5) is 5.69 Å². The highest BCUT2D eigenvalue weighted by molar-refractivity contribution is 6.31. The van der Waals surface area contributed by atoms with Gasteiger partial charge in [-0.1, -0.05) is 41.9 Å². The third-order valence-corrected chi connectivity index (χ3v) is 4.97. The van der Waals surface area contributed by atoms with E-state index in [1.165, 1.54) is 16.5 Å². The average Bonchev–Trinajstić information content (AvgIpc) is 2.97. The van der Waals surface area contributed by atoms with Gasteiger partial charge in [0.15, 0.2) is 0 Å². The lowest BCUT2D eigenvalue weighted by Gasteiger charge is -2.11. The number of hydrogen-bond acceptors (Lipinski definition) is 1. The maximum atomic E-state index is 12.5. The number of carbonyl (C=O) groups is 1. The lowest BCUT2D eigenvalue weighted by Crippen LogP contribution is -2.12. The molecule has 2 nitrogen and oxygen atoms in total. The van der Waals surface area contributed by atoms with Crippen molar-refractivity contribution in [3.8, 4) is 0 Å². The lowest BCUT2D eigenvalue weighted by molar-refractivity contribution is 0.102. The summed E-state index contributed by atoms with van der Waals surface area (Å²) in [7, 11) is 0. The van der Waals surface area contributed by atoms with Crippen LogP contribution in [0.25, 0.3) is 10.8 Å². The number of nitrogens with one attached hydrogen (secondary N) is 1.